The van der Waals surface area contributed by atoms with E-state index in [-0.39, 0.29) is 54.8 Å². The number of ketones is 1. The van der Waals surface area contributed by atoms with Crippen molar-refractivity contribution in [3.05, 3.63) is 191 Å². The van der Waals surface area contributed by atoms with Crippen LogP contribution in [0.15, 0.2) is 152 Å². The number of hydrogen-bond acceptors (Lipinski definition) is 6. The number of rotatable bonds is 15. The first-order valence-corrected chi connectivity index (χ1v) is 16.1. The standard InChI is InChI=1S/C43H35FO6/c44-37-26-41(49-29-33-17-9-3-10-18-33)40(48-28-32-15-7-2-8-16-32)23-35(37)21-22-38(45)43-39(46)24-36(47-27-31-13-5-1-6-14-31)25-42(43)50-30-34-19-11-4-12-20-34/h1-26,46H,27-30H2/b22-21+. The molecule has 6 aromatic rings. The number of benzene rings is 6. The van der Waals surface area contributed by atoms with Gasteiger partial charge in [-0.1, -0.05) is 121 Å². The van der Waals surface area contributed by atoms with Crippen LogP contribution in [0.3, 0.4) is 0 Å². The Labute approximate surface area is 290 Å². The lowest BCUT2D eigenvalue weighted by Gasteiger charge is -2.15. The van der Waals surface area contributed by atoms with Crippen LogP contribution in [0.4, 0.5) is 4.39 Å². The molecule has 0 aliphatic rings. The minimum absolute atomic E-state index is 0.0759. The maximum absolute atomic E-state index is 15.5. The van der Waals surface area contributed by atoms with Crippen LogP contribution in [0, 0.1) is 5.82 Å². The third-order valence-corrected chi connectivity index (χ3v) is 7.74. The Kier molecular flexibility index (Phi) is 11.2. The Morgan fingerprint density at radius 1 is 0.540 bits per heavy atom. The van der Waals surface area contributed by atoms with Crippen LogP contribution in [0.25, 0.3) is 6.08 Å². The van der Waals surface area contributed by atoms with Gasteiger partial charge in [0.15, 0.2) is 17.3 Å². The van der Waals surface area contributed by atoms with Crippen LogP contribution in [0.2, 0.25) is 0 Å². The lowest BCUT2D eigenvalue weighted by molar-refractivity contribution is 0.104. The van der Waals surface area contributed by atoms with Gasteiger partial charge in [0.25, 0.3) is 0 Å². The molecule has 6 aromatic carbocycles. The first-order valence-electron chi connectivity index (χ1n) is 16.1. The number of halogens is 1. The highest BCUT2D eigenvalue weighted by molar-refractivity contribution is 6.10. The fourth-order valence-electron chi connectivity index (χ4n) is 5.12. The summed E-state index contributed by atoms with van der Waals surface area (Å²) in [7, 11) is 0. The van der Waals surface area contributed by atoms with Gasteiger partial charge in [-0.2, -0.15) is 0 Å². The van der Waals surface area contributed by atoms with Crippen molar-refractivity contribution in [2.75, 3.05) is 0 Å². The van der Waals surface area contributed by atoms with Crippen molar-refractivity contribution >= 4 is 11.9 Å². The summed E-state index contributed by atoms with van der Waals surface area (Å²) in [5.41, 5.74) is 3.67. The van der Waals surface area contributed by atoms with E-state index in [9.17, 15) is 9.90 Å². The quantitative estimate of drug-likeness (QED) is 0.0869. The second kappa shape index (κ2) is 16.7. The van der Waals surface area contributed by atoms with E-state index in [4.69, 9.17) is 18.9 Å². The van der Waals surface area contributed by atoms with E-state index in [0.717, 1.165) is 22.3 Å². The smallest absolute Gasteiger partial charge is 0.193 e. The van der Waals surface area contributed by atoms with Crippen LogP contribution in [-0.2, 0) is 26.4 Å². The molecule has 250 valence electrons. The average Bonchev–Trinajstić information content (AvgIpc) is 3.16. The Hall–Kier alpha value is -6.34. The number of allylic oxidation sites excluding steroid dienone is 1. The van der Waals surface area contributed by atoms with E-state index in [2.05, 4.69) is 0 Å². The van der Waals surface area contributed by atoms with Gasteiger partial charge in [-0.25, -0.2) is 4.39 Å². The highest BCUT2D eigenvalue weighted by atomic mass is 19.1. The van der Waals surface area contributed by atoms with Crippen molar-refractivity contribution in [2.24, 2.45) is 0 Å². The lowest BCUT2D eigenvalue weighted by atomic mass is 10.1. The van der Waals surface area contributed by atoms with Crippen LogP contribution < -0.4 is 18.9 Å². The summed E-state index contributed by atoms with van der Waals surface area (Å²) in [6, 6.07) is 43.8. The molecule has 1 N–H and O–H groups in total. The summed E-state index contributed by atoms with van der Waals surface area (Å²) in [4.78, 5) is 13.6. The number of ether oxygens (including phenoxy) is 4. The third-order valence-electron chi connectivity index (χ3n) is 7.74. The fourth-order valence-corrected chi connectivity index (χ4v) is 5.12. The minimum atomic E-state index is -0.612. The van der Waals surface area contributed by atoms with E-state index >= 15 is 4.39 Å². The molecule has 0 aliphatic carbocycles. The van der Waals surface area contributed by atoms with Gasteiger partial charge in [0.2, 0.25) is 0 Å². The predicted octanol–water partition coefficient (Wildman–Crippen LogP) is 9.74. The number of phenols is 1. The van der Waals surface area contributed by atoms with Crippen molar-refractivity contribution in [3.8, 4) is 28.7 Å². The average molecular weight is 667 g/mol. The molecule has 6 nitrogen and oxygen atoms in total. The SMILES string of the molecule is O=C(/C=C/c1cc(OCc2ccccc2)c(OCc2ccccc2)cc1F)c1c(O)cc(OCc2ccccc2)cc1OCc1ccccc1. The van der Waals surface area contributed by atoms with E-state index in [1.165, 1.54) is 30.4 Å². The highest BCUT2D eigenvalue weighted by Crippen LogP contribution is 2.36. The van der Waals surface area contributed by atoms with Crippen molar-refractivity contribution in [1.29, 1.82) is 0 Å². The molecule has 0 fully saturated rings. The molecule has 7 heteroatoms. The Morgan fingerprint density at radius 3 is 1.44 bits per heavy atom. The van der Waals surface area contributed by atoms with Crippen LogP contribution in [-0.4, -0.2) is 10.9 Å². The van der Waals surface area contributed by atoms with E-state index in [0.29, 0.717) is 11.5 Å². The van der Waals surface area contributed by atoms with Crippen LogP contribution in [0.5, 0.6) is 28.7 Å². The summed E-state index contributed by atoms with van der Waals surface area (Å²) in [5.74, 6) is -0.533. The summed E-state index contributed by atoms with van der Waals surface area (Å²) in [6.07, 6.45) is 2.53. The number of carbonyl (C=O) groups excluding carboxylic acids is 1. The molecular weight excluding hydrogens is 631 g/mol. The molecule has 0 amide bonds. The maximum atomic E-state index is 15.5. The number of aromatic hydroxyl groups is 1. The van der Waals surface area contributed by atoms with Crippen molar-refractivity contribution < 1.29 is 33.2 Å². The largest absolute Gasteiger partial charge is 0.507 e. The lowest BCUT2D eigenvalue weighted by Crippen LogP contribution is -2.05. The maximum Gasteiger partial charge on any atom is 0.193 e. The molecule has 0 heterocycles. The van der Waals surface area contributed by atoms with Gasteiger partial charge >= 0.3 is 0 Å². The van der Waals surface area contributed by atoms with Crippen molar-refractivity contribution in [3.63, 3.8) is 0 Å². The van der Waals surface area contributed by atoms with Gasteiger partial charge in [0.05, 0.1) is 0 Å². The summed E-state index contributed by atoms with van der Waals surface area (Å²) >= 11 is 0. The molecule has 0 saturated carbocycles. The molecule has 0 spiro atoms. The molecule has 0 aliphatic heterocycles. The Balaban J connectivity index is 1.26. The van der Waals surface area contributed by atoms with Gasteiger partial charge in [-0.3, -0.25) is 4.79 Å². The van der Waals surface area contributed by atoms with Gasteiger partial charge in [-0.05, 0) is 40.5 Å². The summed E-state index contributed by atoms with van der Waals surface area (Å²) in [6.45, 7) is 0.842. The summed E-state index contributed by atoms with van der Waals surface area (Å²) < 4.78 is 39.6. The minimum Gasteiger partial charge on any atom is -0.507 e. The number of carbonyl (C=O) groups is 1. The second-order valence-corrected chi connectivity index (χ2v) is 11.4. The predicted molar refractivity (Wildman–Crippen MR) is 191 cm³/mol. The highest BCUT2D eigenvalue weighted by Gasteiger charge is 2.20. The zero-order valence-corrected chi connectivity index (χ0v) is 27.2. The number of hydrogen-bond donors (Lipinski definition) is 1. The first kappa shape index (κ1) is 33.6. The van der Waals surface area contributed by atoms with Gasteiger partial charge in [0.1, 0.15) is 55.1 Å². The van der Waals surface area contributed by atoms with Crippen molar-refractivity contribution in [1.82, 2.24) is 0 Å². The van der Waals surface area contributed by atoms with E-state index in [1.54, 1.807) is 6.07 Å². The first-order chi connectivity index (χ1) is 24.5. The molecule has 0 atom stereocenters. The zero-order chi connectivity index (χ0) is 34.5. The van der Waals surface area contributed by atoms with Gasteiger partial charge in [0, 0.05) is 23.8 Å². The zero-order valence-electron chi connectivity index (χ0n) is 27.2. The van der Waals surface area contributed by atoms with Crippen LogP contribution in [0.1, 0.15) is 38.2 Å². The fraction of sp³-hybridized carbons (Fsp3) is 0.0930. The normalized spacial score (nSPS) is 10.9. The molecule has 0 unspecified atom stereocenters. The van der Waals surface area contributed by atoms with Gasteiger partial charge in [-0.15, -0.1) is 0 Å². The summed E-state index contributed by atoms with van der Waals surface area (Å²) in [5, 5.41) is 11.1. The Morgan fingerprint density at radius 2 is 0.960 bits per heavy atom. The number of phenolic OH excluding ortho intramolecular Hbond substituents is 1. The van der Waals surface area contributed by atoms with Crippen molar-refractivity contribution in [2.45, 2.75) is 26.4 Å². The molecule has 50 heavy (non-hydrogen) atoms. The molecule has 0 aromatic heterocycles. The third kappa shape index (κ3) is 9.17. The van der Waals surface area contributed by atoms with Crippen LogP contribution >= 0.6 is 0 Å². The molecule has 0 radical (unpaired) electrons. The monoisotopic (exact) mass is 666 g/mol. The topological polar surface area (TPSA) is 74.2 Å². The molecule has 6 rings (SSSR count). The van der Waals surface area contributed by atoms with Gasteiger partial charge < -0.3 is 24.1 Å². The second-order valence-electron chi connectivity index (χ2n) is 11.4. The van der Waals surface area contributed by atoms with E-state index in [1.807, 2.05) is 121 Å². The Bertz CT molecular complexity index is 2030. The molecule has 0 saturated heterocycles. The molecule has 0 bridgehead atoms. The molecular formula is C43H35FO6. The van der Waals surface area contributed by atoms with E-state index < -0.39 is 11.6 Å².